The molecule has 0 radical (unpaired) electrons. The Morgan fingerprint density at radius 1 is 1.32 bits per heavy atom. The second-order valence-corrected chi connectivity index (χ2v) is 7.70. The Bertz CT molecular complexity index is 984. The zero-order valence-electron chi connectivity index (χ0n) is 17.0. The molecule has 31 heavy (non-hydrogen) atoms. The van der Waals surface area contributed by atoms with Gasteiger partial charge in [0.15, 0.2) is 11.6 Å². The molecule has 4 rings (SSSR count). The zero-order valence-corrected chi connectivity index (χ0v) is 17.7. The normalized spacial score (nSPS) is 19.0. The van der Waals surface area contributed by atoms with Gasteiger partial charge in [0.05, 0.1) is 30.3 Å². The second-order valence-electron chi connectivity index (χ2n) is 7.33. The summed E-state index contributed by atoms with van der Waals surface area (Å²) in [6, 6.07) is 5.80. The van der Waals surface area contributed by atoms with Crippen LogP contribution in [-0.4, -0.2) is 70.8 Å². The number of benzene rings is 1. The standard InChI is InChI=1S/C20H23ClN6O4/c1-31-17-10-13(11-25-6-8-26(9-7-25)20(29)30)2-3-14(17)23-15-12-27(21)24-19-18(15)16(28)4-5-22-19/h2-3,5,10,12,23-24H,4,6-9,11H2,1H3,(H,29,30). The first-order valence-corrected chi connectivity index (χ1v) is 10.2. The van der Waals surface area contributed by atoms with Gasteiger partial charge in [-0.05, 0) is 17.7 Å². The summed E-state index contributed by atoms with van der Waals surface area (Å²) in [5.41, 5.74) is 5.53. The van der Waals surface area contributed by atoms with Gasteiger partial charge in [0.25, 0.3) is 0 Å². The molecule has 164 valence electrons. The first kappa shape index (κ1) is 21.0. The predicted molar refractivity (Wildman–Crippen MR) is 116 cm³/mol. The minimum Gasteiger partial charge on any atom is -0.495 e. The number of rotatable bonds is 5. The van der Waals surface area contributed by atoms with Crippen LogP contribution >= 0.6 is 11.8 Å². The quantitative estimate of drug-likeness (QED) is 0.589. The molecule has 1 aromatic rings. The van der Waals surface area contributed by atoms with E-state index in [2.05, 4.69) is 20.6 Å². The van der Waals surface area contributed by atoms with Crippen molar-refractivity contribution in [1.29, 1.82) is 0 Å². The average molecular weight is 447 g/mol. The molecule has 1 fully saturated rings. The van der Waals surface area contributed by atoms with Crippen LogP contribution < -0.4 is 15.5 Å². The average Bonchev–Trinajstić information content (AvgIpc) is 2.75. The number of Topliss-reactive ketones (excluding diaryl/α,β-unsaturated/α-hetero) is 1. The van der Waals surface area contributed by atoms with E-state index in [4.69, 9.17) is 21.6 Å². The van der Waals surface area contributed by atoms with E-state index in [-0.39, 0.29) is 12.2 Å². The molecule has 0 aliphatic carbocycles. The van der Waals surface area contributed by atoms with E-state index in [1.807, 2.05) is 18.2 Å². The molecule has 0 saturated carbocycles. The maximum absolute atomic E-state index is 12.4. The van der Waals surface area contributed by atoms with Crippen molar-refractivity contribution in [3.63, 3.8) is 0 Å². The summed E-state index contributed by atoms with van der Waals surface area (Å²) in [4.78, 5) is 31.3. The molecule has 1 aromatic carbocycles. The number of piperazine rings is 1. The van der Waals surface area contributed by atoms with E-state index in [9.17, 15) is 9.59 Å². The summed E-state index contributed by atoms with van der Waals surface area (Å²) in [6.07, 6.45) is 2.48. The predicted octanol–water partition coefficient (Wildman–Crippen LogP) is 1.97. The Balaban J connectivity index is 1.49. The van der Waals surface area contributed by atoms with E-state index in [1.165, 1.54) is 9.43 Å². The number of amides is 1. The first-order valence-electron chi connectivity index (χ1n) is 9.82. The van der Waals surface area contributed by atoms with Gasteiger partial charge in [-0.2, -0.15) is 4.53 Å². The number of nitrogens with one attached hydrogen (secondary N) is 2. The second kappa shape index (κ2) is 8.86. The third-order valence-electron chi connectivity index (χ3n) is 5.32. The van der Waals surface area contributed by atoms with E-state index in [0.29, 0.717) is 61.3 Å². The van der Waals surface area contributed by atoms with Crippen molar-refractivity contribution in [2.75, 3.05) is 38.6 Å². The van der Waals surface area contributed by atoms with Crippen LogP contribution in [0, 0.1) is 0 Å². The number of ether oxygens (including phenoxy) is 1. The van der Waals surface area contributed by atoms with Gasteiger partial charge in [-0.15, -0.1) is 0 Å². The molecule has 0 aromatic heterocycles. The van der Waals surface area contributed by atoms with Crippen molar-refractivity contribution >= 4 is 35.6 Å². The lowest BCUT2D eigenvalue weighted by Crippen LogP contribution is -2.47. The summed E-state index contributed by atoms with van der Waals surface area (Å²) in [5.74, 6) is 0.959. The summed E-state index contributed by atoms with van der Waals surface area (Å²) in [6.45, 7) is 3.04. The third kappa shape index (κ3) is 4.59. The van der Waals surface area contributed by atoms with Crippen LogP contribution in [-0.2, 0) is 11.3 Å². The van der Waals surface area contributed by atoms with Gasteiger partial charge in [-0.3, -0.25) is 15.1 Å². The van der Waals surface area contributed by atoms with Crippen LogP contribution in [0.15, 0.2) is 46.5 Å². The fourth-order valence-corrected chi connectivity index (χ4v) is 3.90. The van der Waals surface area contributed by atoms with Crippen LogP contribution in [0.5, 0.6) is 5.75 Å². The Hall–Kier alpha value is -3.24. The molecule has 11 heteroatoms. The lowest BCUT2D eigenvalue weighted by molar-refractivity contribution is -0.114. The summed E-state index contributed by atoms with van der Waals surface area (Å²) in [7, 11) is 1.58. The minimum atomic E-state index is -0.875. The van der Waals surface area contributed by atoms with Crippen molar-refractivity contribution in [1.82, 2.24) is 19.8 Å². The SMILES string of the molecule is COc1cc(CN2CCN(C(=O)O)CC2)ccc1NC1=CN(Cl)NC2=C1C(=O)CC=N2. The number of ketones is 1. The highest BCUT2D eigenvalue weighted by Gasteiger charge is 2.28. The minimum absolute atomic E-state index is 0.0582. The molecule has 0 bridgehead atoms. The molecule has 0 unspecified atom stereocenters. The highest BCUT2D eigenvalue weighted by molar-refractivity contribution is 6.15. The lowest BCUT2D eigenvalue weighted by Gasteiger charge is -2.33. The van der Waals surface area contributed by atoms with E-state index >= 15 is 0 Å². The molecular weight excluding hydrogens is 424 g/mol. The van der Waals surface area contributed by atoms with Crippen LogP contribution in [0.4, 0.5) is 10.5 Å². The largest absolute Gasteiger partial charge is 0.495 e. The molecule has 3 aliphatic heterocycles. The summed E-state index contributed by atoms with van der Waals surface area (Å²) >= 11 is 6.09. The number of allylic oxidation sites excluding steroid dienone is 1. The Morgan fingerprint density at radius 3 is 2.81 bits per heavy atom. The Morgan fingerprint density at radius 2 is 2.10 bits per heavy atom. The number of nitrogens with zero attached hydrogens (tertiary/aromatic N) is 4. The van der Waals surface area contributed by atoms with Gasteiger partial charge in [-0.25, -0.2) is 9.79 Å². The fraction of sp³-hybridized carbons (Fsp3) is 0.350. The topological polar surface area (TPSA) is 110 Å². The highest BCUT2D eigenvalue weighted by atomic mass is 35.5. The van der Waals surface area contributed by atoms with Gasteiger partial charge in [-0.1, -0.05) is 6.07 Å². The molecule has 10 nitrogen and oxygen atoms in total. The third-order valence-corrected chi connectivity index (χ3v) is 5.50. The summed E-state index contributed by atoms with van der Waals surface area (Å²) in [5, 5.41) is 12.3. The highest BCUT2D eigenvalue weighted by Crippen LogP contribution is 2.32. The van der Waals surface area contributed by atoms with Crippen molar-refractivity contribution < 1.29 is 19.4 Å². The van der Waals surface area contributed by atoms with Gasteiger partial charge >= 0.3 is 6.09 Å². The number of hydrazine groups is 1. The number of hydrogen-bond acceptors (Lipinski definition) is 8. The molecule has 3 aliphatic rings. The Kier molecular flexibility index (Phi) is 6.01. The number of carbonyl (C=O) groups excluding carboxylic acids is 1. The van der Waals surface area contributed by atoms with Crippen LogP contribution in [0.2, 0.25) is 0 Å². The number of hydrogen-bond donors (Lipinski definition) is 3. The van der Waals surface area contributed by atoms with Gasteiger partial charge < -0.3 is 20.1 Å². The van der Waals surface area contributed by atoms with Crippen LogP contribution in [0.25, 0.3) is 0 Å². The molecule has 3 N–H and O–H groups in total. The fourth-order valence-electron chi connectivity index (χ4n) is 3.72. The maximum Gasteiger partial charge on any atom is 0.407 e. The Labute approximate surface area is 184 Å². The summed E-state index contributed by atoms with van der Waals surface area (Å²) < 4.78 is 6.78. The van der Waals surface area contributed by atoms with Crippen molar-refractivity contribution in [3.05, 3.63) is 47.1 Å². The number of aliphatic imine (C=N–C) groups is 1. The molecule has 3 heterocycles. The molecule has 0 spiro atoms. The zero-order chi connectivity index (χ0) is 22.0. The molecule has 1 saturated heterocycles. The number of anilines is 1. The van der Waals surface area contributed by atoms with Gasteiger partial charge in [0, 0.05) is 57.1 Å². The number of carbonyl (C=O) groups is 2. The van der Waals surface area contributed by atoms with Crippen molar-refractivity contribution in [2.24, 2.45) is 4.99 Å². The smallest absolute Gasteiger partial charge is 0.407 e. The number of carboxylic acid groups (broad SMARTS) is 1. The number of halogens is 1. The molecule has 0 atom stereocenters. The molecular formula is C20H23ClN6O4. The maximum atomic E-state index is 12.4. The van der Waals surface area contributed by atoms with Crippen molar-refractivity contribution in [3.8, 4) is 5.75 Å². The molecule has 1 amide bonds. The van der Waals surface area contributed by atoms with Crippen molar-refractivity contribution in [2.45, 2.75) is 13.0 Å². The van der Waals surface area contributed by atoms with Crippen LogP contribution in [0.3, 0.4) is 0 Å². The monoisotopic (exact) mass is 446 g/mol. The van der Waals surface area contributed by atoms with Gasteiger partial charge in [0.1, 0.15) is 5.75 Å². The van der Waals surface area contributed by atoms with E-state index in [1.54, 1.807) is 19.5 Å². The first-order chi connectivity index (χ1) is 14.9. The lowest BCUT2D eigenvalue weighted by atomic mass is 10.0. The van der Waals surface area contributed by atoms with Gasteiger partial charge in [0.2, 0.25) is 0 Å². The van der Waals surface area contributed by atoms with E-state index < -0.39 is 6.09 Å². The van der Waals surface area contributed by atoms with E-state index in [0.717, 1.165) is 5.56 Å². The number of methoxy groups -OCH3 is 1. The van der Waals surface area contributed by atoms with Crippen LogP contribution in [0.1, 0.15) is 12.0 Å².